The highest BCUT2D eigenvalue weighted by molar-refractivity contribution is 9.10. The third-order valence-electron chi connectivity index (χ3n) is 2.81. The van der Waals surface area contributed by atoms with E-state index in [2.05, 4.69) is 21.2 Å². The fraction of sp³-hybridized carbons (Fsp3) is 0.333. The summed E-state index contributed by atoms with van der Waals surface area (Å²) >= 11 is 3.05. The second-order valence-electron chi connectivity index (χ2n) is 4.20. The van der Waals surface area contributed by atoms with Gasteiger partial charge in [-0.2, -0.15) is 0 Å². The van der Waals surface area contributed by atoms with Gasteiger partial charge in [0.05, 0.1) is 10.5 Å². The summed E-state index contributed by atoms with van der Waals surface area (Å²) in [4.78, 5) is 22.0. The van der Waals surface area contributed by atoms with Crippen LogP contribution in [0.1, 0.15) is 16.8 Å². The van der Waals surface area contributed by atoms with Crippen molar-refractivity contribution < 1.29 is 23.1 Å². The Balaban J connectivity index is 3.05. The molecule has 0 bridgehead atoms. The van der Waals surface area contributed by atoms with Gasteiger partial charge in [0.25, 0.3) is 0 Å². The van der Waals surface area contributed by atoms with Gasteiger partial charge >= 0.3 is 5.97 Å². The minimum absolute atomic E-state index is 0.000472. The van der Waals surface area contributed by atoms with Gasteiger partial charge in [-0.25, -0.2) is 17.5 Å². The van der Waals surface area contributed by atoms with Crippen LogP contribution in [0.4, 0.5) is 0 Å². The molecular formula is C12H15BrN2O5S. The molecule has 2 N–H and O–H groups in total. The first kappa shape index (κ1) is 17.6. The summed E-state index contributed by atoms with van der Waals surface area (Å²) in [5.41, 5.74) is -0.143. The molecule has 0 aliphatic rings. The highest BCUT2D eigenvalue weighted by Crippen LogP contribution is 2.23. The maximum Gasteiger partial charge on any atom is 0.336 e. The number of carbonyl (C=O) groups is 2. The fourth-order valence-corrected chi connectivity index (χ4v) is 3.13. The van der Waals surface area contributed by atoms with Gasteiger partial charge in [-0.15, -0.1) is 0 Å². The van der Waals surface area contributed by atoms with E-state index in [1.54, 1.807) is 0 Å². The van der Waals surface area contributed by atoms with E-state index in [-0.39, 0.29) is 29.3 Å². The van der Waals surface area contributed by atoms with Crippen molar-refractivity contribution in [3.05, 3.63) is 28.2 Å². The average molecular weight is 379 g/mol. The molecule has 0 saturated carbocycles. The zero-order valence-corrected chi connectivity index (χ0v) is 13.9. The lowest BCUT2D eigenvalue weighted by Crippen LogP contribution is -2.31. The first-order valence-corrected chi connectivity index (χ1v) is 8.13. The van der Waals surface area contributed by atoms with Crippen molar-refractivity contribution in [2.24, 2.45) is 0 Å². The third-order valence-corrected chi connectivity index (χ3v) is 5.35. The minimum atomic E-state index is -3.85. The van der Waals surface area contributed by atoms with Crippen LogP contribution in [0.3, 0.4) is 0 Å². The maximum atomic E-state index is 12.3. The van der Waals surface area contributed by atoms with E-state index in [0.717, 1.165) is 10.4 Å². The Morgan fingerprint density at radius 2 is 2.00 bits per heavy atom. The number of hydrogen-bond acceptors (Lipinski definition) is 4. The van der Waals surface area contributed by atoms with Gasteiger partial charge in [-0.3, -0.25) is 4.79 Å². The summed E-state index contributed by atoms with van der Waals surface area (Å²) in [6.07, 6.45) is 0.0224. The standard InChI is InChI=1S/C12H15BrN2O5S/c1-14-11(16)5-6-15(2)21(19,20)8-3-4-10(13)9(7-8)12(17)18/h3-4,7H,5-6H2,1-2H3,(H,14,16)(H,17,18). The smallest absolute Gasteiger partial charge is 0.336 e. The van der Waals surface area contributed by atoms with Gasteiger partial charge in [0, 0.05) is 31.5 Å². The predicted molar refractivity (Wildman–Crippen MR) is 79.6 cm³/mol. The number of aromatic carboxylic acids is 1. The van der Waals surface area contributed by atoms with Crippen LogP contribution in [0, 0.1) is 0 Å². The van der Waals surface area contributed by atoms with Crippen LogP contribution in [0.2, 0.25) is 0 Å². The van der Waals surface area contributed by atoms with E-state index in [4.69, 9.17) is 5.11 Å². The van der Waals surface area contributed by atoms with Gasteiger partial charge < -0.3 is 10.4 Å². The van der Waals surface area contributed by atoms with Gasteiger partial charge in [0.2, 0.25) is 15.9 Å². The van der Waals surface area contributed by atoms with E-state index < -0.39 is 16.0 Å². The third kappa shape index (κ3) is 4.26. The van der Waals surface area contributed by atoms with Crippen molar-refractivity contribution in [2.75, 3.05) is 20.6 Å². The number of sulfonamides is 1. The second kappa shape index (κ2) is 7.01. The molecule has 1 aromatic rings. The summed E-state index contributed by atoms with van der Waals surface area (Å²) in [6, 6.07) is 3.75. The average Bonchev–Trinajstić information content (AvgIpc) is 2.43. The molecule has 0 saturated heterocycles. The molecular weight excluding hydrogens is 364 g/mol. The summed E-state index contributed by atoms with van der Waals surface area (Å²) in [5.74, 6) is -1.51. The number of nitrogens with one attached hydrogen (secondary N) is 1. The number of hydrogen-bond donors (Lipinski definition) is 2. The maximum absolute atomic E-state index is 12.3. The number of nitrogens with zero attached hydrogens (tertiary/aromatic N) is 1. The Labute approximate surface area is 131 Å². The lowest BCUT2D eigenvalue weighted by Gasteiger charge is -2.17. The molecule has 0 spiro atoms. The number of benzene rings is 1. The highest BCUT2D eigenvalue weighted by Gasteiger charge is 2.23. The molecule has 1 aromatic carbocycles. The van der Waals surface area contributed by atoms with Crippen LogP contribution in [-0.4, -0.2) is 50.3 Å². The van der Waals surface area contributed by atoms with Crippen LogP contribution in [0.25, 0.3) is 0 Å². The molecule has 116 valence electrons. The van der Waals surface area contributed by atoms with Crippen molar-refractivity contribution in [1.29, 1.82) is 0 Å². The first-order valence-electron chi connectivity index (χ1n) is 5.90. The number of carboxylic acids is 1. The van der Waals surface area contributed by atoms with E-state index in [1.165, 1.54) is 26.2 Å². The predicted octanol–water partition coefficient (Wildman–Crippen LogP) is 0.904. The van der Waals surface area contributed by atoms with Crippen molar-refractivity contribution in [3.8, 4) is 0 Å². The zero-order chi connectivity index (χ0) is 16.2. The molecule has 0 heterocycles. The lowest BCUT2D eigenvalue weighted by molar-refractivity contribution is -0.120. The summed E-state index contributed by atoms with van der Waals surface area (Å²) < 4.78 is 25.9. The monoisotopic (exact) mass is 378 g/mol. The van der Waals surface area contributed by atoms with E-state index in [1.807, 2.05) is 0 Å². The van der Waals surface area contributed by atoms with Gasteiger partial charge in [0.1, 0.15) is 0 Å². The van der Waals surface area contributed by atoms with E-state index in [0.29, 0.717) is 4.47 Å². The van der Waals surface area contributed by atoms with E-state index in [9.17, 15) is 18.0 Å². The summed E-state index contributed by atoms with van der Waals surface area (Å²) in [5, 5.41) is 11.4. The first-order chi connectivity index (χ1) is 9.70. The molecule has 0 aliphatic heterocycles. The van der Waals surface area contributed by atoms with Crippen molar-refractivity contribution in [1.82, 2.24) is 9.62 Å². The molecule has 9 heteroatoms. The number of amides is 1. The fourth-order valence-electron chi connectivity index (χ4n) is 1.51. The molecule has 0 unspecified atom stereocenters. The normalized spacial score (nSPS) is 11.4. The molecule has 0 aromatic heterocycles. The van der Waals surface area contributed by atoms with Gasteiger partial charge in [0.15, 0.2) is 0 Å². The van der Waals surface area contributed by atoms with Gasteiger partial charge in [-0.1, -0.05) is 0 Å². The Hall–Kier alpha value is -1.45. The van der Waals surface area contributed by atoms with Gasteiger partial charge in [-0.05, 0) is 34.1 Å². The quantitative estimate of drug-likeness (QED) is 0.765. The van der Waals surface area contributed by atoms with Crippen LogP contribution in [-0.2, 0) is 14.8 Å². The van der Waals surface area contributed by atoms with Crippen molar-refractivity contribution in [2.45, 2.75) is 11.3 Å². The van der Waals surface area contributed by atoms with E-state index >= 15 is 0 Å². The largest absolute Gasteiger partial charge is 0.478 e. The lowest BCUT2D eigenvalue weighted by atomic mass is 10.2. The Morgan fingerprint density at radius 1 is 1.38 bits per heavy atom. The van der Waals surface area contributed by atoms with Crippen LogP contribution in [0.15, 0.2) is 27.6 Å². The number of carboxylic acid groups (broad SMARTS) is 1. The number of rotatable bonds is 6. The Bertz CT molecular complexity index is 660. The van der Waals surface area contributed by atoms with Crippen LogP contribution < -0.4 is 5.32 Å². The number of halogens is 1. The zero-order valence-electron chi connectivity index (χ0n) is 11.5. The molecule has 0 radical (unpaired) electrons. The Kier molecular flexibility index (Phi) is 5.87. The number of carbonyl (C=O) groups excluding carboxylic acids is 1. The molecule has 1 amide bonds. The topological polar surface area (TPSA) is 104 Å². The molecule has 7 nitrogen and oxygen atoms in total. The van der Waals surface area contributed by atoms with Crippen molar-refractivity contribution >= 4 is 37.8 Å². The van der Waals surface area contributed by atoms with Crippen molar-refractivity contribution in [3.63, 3.8) is 0 Å². The highest BCUT2D eigenvalue weighted by atomic mass is 79.9. The molecule has 0 aliphatic carbocycles. The summed E-state index contributed by atoms with van der Waals surface area (Å²) in [6.45, 7) is 0.000472. The molecule has 21 heavy (non-hydrogen) atoms. The van der Waals surface area contributed by atoms with Crippen LogP contribution in [0.5, 0.6) is 0 Å². The Morgan fingerprint density at radius 3 is 2.52 bits per heavy atom. The molecule has 1 rings (SSSR count). The van der Waals surface area contributed by atoms with Crippen LogP contribution >= 0.6 is 15.9 Å². The summed E-state index contributed by atoms with van der Waals surface area (Å²) in [7, 11) is -1.05. The SMILES string of the molecule is CNC(=O)CCN(C)S(=O)(=O)c1ccc(Br)c(C(=O)O)c1. The molecule has 0 fully saturated rings. The molecule has 0 atom stereocenters. The minimum Gasteiger partial charge on any atom is -0.478 e. The second-order valence-corrected chi connectivity index (χ2v) is 7.10.